The minimum absolute atomic E-state index is 0.263. The van der Waals surface area contributed by atoms with Crippen molar-refractivity contribution in [2.75, 3.05) is 0 Å². The van der Waals surface area contributed by atoms with Crippen LogP contribution in [-0.4, -0.2) is 4.98 Å². The van der Waals surface area contributed by atoms with Gasteiger partial charge in [0.25, 0.3) is 0 Å². The Labute approximate surface area is 86.2 Å². The van der Waals surface area contributed by atoms with Crippen LogP contribution < -0.4 is 0 Å². The predicted octanol–water partition coefficient (Wildman–Crippen LogP) is 3.54. The fraction of sp³-hybridized carbons (Fsp3) is 0. The predicted molar refractivity (Wildman–Crippen MR) is 54.6 cm³/mol. The molecule has 0 aliphatic heterocycles. The maximum absolute atomic E-state index is 12.6. The summed E-state index contributed by atoms with van der Waals surface area (Å²) >= 11 is 5.94. The highest BCUT2D eigenvalue weighted by atomic mass is 35.5. The zero-order valence-corrected chi connectivity index (χ0v) is 8.00. The molecule has 0 amide bonds. The number of halogens is 2. The number of hydrogen-bond acceptors (Lipinski definition) is 1. The molecule has 0 bridgehead atoms. The summed E-state index contributed by atoms with van der Waals surface area (Å²) in [5.41, 5.74) is 1.49. The van der Waals surface area contributed by atoms with Gasteiger partial charge >= 0.3 is 0 Å². The zero-order chi connectivity index (χ0) is 9.97. The molecule has 0 spiro atoms. The largest absolute Gasteiger partial charge is 0.255 e. The molecule has 0 fully saturated rings. The van der Waals surface area contributed by atoms with Crippen molar-refractivity contribution in [3.8, 4) is 11.3 Å². The molecular weight excluding hydrogens is 201 g/mol. The van der Waals surface area contributed by atoms with Crippen LogP contribution in [0.2, 0.25) is 5.02 Å². The van der Waals surface area contributed by atoms with Gasteiger partial charge in [0.1, 0.15) is 5.82 Å². The molecule has 0 saturated carbocycles. The topological polar surface area (TPSA) is 12.9 Å². The van der Waals surface area contributed by atoms with Crippen LogP contribution in [0.4, 0.5) is 4.39 Å². The van der Waals surface area contributed by atoms with Gasteiger partial charge < -0.3 is 0 Å². The Morgan fingerprint density at radius 3 is 2.43 bits per heavy atom. The van der Waals surface area contributed by atoms with Crippen LogP contribution in [0.15, 0.2) is 42.6 Å². The normalized spacial score (nSPS) is 10.1. The second-order valence-corrected chi connectivity index (χ2v) is 3.25. The minimum atomic E-state index is -0.263. The minimum Gasteiger partial charge on any atom is -0.255 e. The standard InChI is InChI=1S/C11H7ClFN/c12-10-2-1-7-14-11(10)8-3-5-9(13)6-4-8/h1-7H. The first-order valence-corrected chi connectivity index (χ1v) is 4.51. The van der Waals surface area contributed by atoms with Crippen molar-refractivity contribution in [3.05, 3.63) is 53.4 Å². The van der Waals surface area contributed by atoms with E-state index in [4.69, 9.17) is 11.6 Å². The van der Waals surface area contributed by atoms with Crippen LogP contribution in [0, 0.1) is 5.82 Å². The molecule has 0 unspecified atom stereocenters. The highest BCUT2D eigenvalue weighted by Crippen LogP contribution is 2.24. The lowest BCUT2D eigenvalue weighted by Crippen LogP contribution is -1.84. The molecule has 70 valence electrons. The summed E-state index contributed by atoms with van der Waals surface area (Å²) < 4.78 is 12.6. The van der Waals surface area contributed by atoms with Gasteiger partial charge in [0.15, 0.2) is 0 Å². The van der Waals surface area contributed by atoms with Gasteiger partial charge in [-0.15, -0.1) is 0 Å². The van der Waals surface area contributed by atoms with Gasteiger partial charge in [0, 0.05) is 11.8 Å². The first-order chi connectivity index (χ1) is 6.77. The summed E-state index contributed by atoms with van der Waals surface area (Å²) in [5, 5.41) is 0.569. The van der Waals surface area contributed by atoms with Gasteiger partial charge in [-0.3, -0.25) is 4.98 Å². The molecule has 0 radical (unpaired) electrons. The van der Waals surface area contributed by atoms with Gasteiger partial charge in [0.2, 0.25) is 0 Å². The van der Waals surface area contributed by atoms with Crippen molar-refractivity contribution in [1.29, 1.82) is 0 Å². The Balaban J connectivity index is 2.50. The van der Waals surface area contributed by atoms with Crippen LogP contribution in [0.5, 0.6) is 0 Å². The van der Waals surface area contributed by atoms with E-state index in [0.717, 1.165) is 5.56 Å². The van der Waals surface area contributed by atoms with Crippen molar-refractivity contribution >= 4 is 11.6 Å². The number of benzene rings is 1. The summed E-state index contributed by atoms with van der Waals surface area (Å²) in [4.78, 5) is 4.12. The number of hydrogen-bond donors (Lipinski definition) is 0. The Kier molecular flexibility index (Phi) is 2.46. The lowest BCUT2D eigenvalue weighted by molar-refractivity contribution is 0.628. The van der Waals surface area contributed by atoms with E-state index in [1.807, 2.05) is 0 Å². The lowest BCUT2D eigenvalue weighted by Gasteiger charge is -2.01. The summed E-state index contributed by atoms with van der Waals surface area (Å²) in [6, 6.07) is 9.61. The van der Waals surface area contributed by atoms with Gasteiger partial charge in [-0.2, -0.15) is 0 Å². The van der Waals surface area contributed by atoms with Crippen molar-refractivity contribution in [2.24, 2.45) is 0 Å². The first-order valence-electron chi connectivity index (χ1n) is 4.14. The van der Waals surface area contributed by atoms with Crippen LogP contribution in [0.1, 0.15) is 0 Å². The van der Waals surface area contributed by atoms with Gasteiger partial charge in [-0.1, -0.05) is 11.6 Å². The zero-order valence-electron chi connectivity index (χ0n) is 7.24. The fourth-order valence-electron chi connectivity index (χ4n) is 1.21. The van der Waals surface area contributed by atoms with Gasteiger partial charge in [-0.05, 0) is 36.4 Å². The maximum Gasteiger partial charge on any atom is 0.123 e. The van der Waals surface area contributed by atoms with Crippen molar-refractivity contribution in [2.45, 2.75) is 0 Å². The van der Waals surface area contributed by atoms with Gasteiger partial charge in [-0.25, -0.2) is 4.39 Å². The molecule has 14 heavy (non-hydrogen) atoms. The molecule has 0 N–H and O–H groups in total. The SMILES string of the molecule is Fc1ccc(-c2ncccc2Cl)cc1. The van der Waals surface area contributed by atoms with E-state index in [2.05, 4.69) is 4.98 Å². The Morgan fingerprint density at radius 1 is 1.07 bits per heavy atom. The van der Waals surface area contributed by atoms with E-state index in [1.54, 1.807) is 30.5 Å². The van der Waals surface area contributed by atoms with E-state index >= 15 is 0 Å². The number of aromatic nitrogens is 1. The number of rotatable bonds is 1. The molecule has 0 atom stereocenters. The third-order valence-corrected chi connectivity index (χ3v) is 2.18. The average molecular weight is 208 g/mol. The monoisotopic (exact) mass is 207 g/mol. The number of nitrogens with zero attached hydrogens (tertiary/aromatic N) is 1. The van der Waals surface area contributed by atoms with Crippen molar-refractivity contribution < 1.29 is 4.39 Å². The summed E-state index contributed by atoms with van der Waals surface area (Å²) in [6.45, 7) is 0. The number of pyridine rings is 1. The van der Waals surface area contributed by atoms with Crippen LogP contribution >= 0.6 is 11.6 Å². The highest BCUT2D eigenvalue weighted by Gasteiger charge is 2.03. The molecule has 0 saturated heterocycles. The summed E-state index contributed by atoms with van der Waals surface area (Å²) in [7, 11) is 0. The second-order valence-electron chi connectivity index (χ2n) is 2.84. The average Bonchev–Trinajstić information content (AvgIpc) is 2.20. The highest BCUT2D eigenvalue weighted by molar-refractivity contribution is 6.33. The Bertz CT molecular complexity index is 439. The van der Waals surface area contributed by atoms with E-state index in [0.29, 0.717) is 10.7 Å². The van der Waals surface area contributed by atoms with E-state index in [9.17, 15) is 4.39 Å². The second kappa shape index (κ2) is 3.76. The molecule has 2 rings (SSSR count). The quantitative estimate of drug-likeness (QED) is 0.697. The molecule has 1 aromatic heterocycles. The fourth-order valence-corrected chi connectivity index (χ4v) is 1.44. The lowest BCUT2D eigenvalue weighted by atomic mass is 10.1. The molecule has 2 aromatic rings. The Hall–Kier alpha value is -1.41. The Morgan fingerprint density at radius 2 is 1.79 bits per heavy atom. The van der Waals surface area contributed by atoms with Crippen LogP contribution in [-0.2, 0) is 0 Å². The third kappa shape index (κ3) is 1.75. The van der Waals surface area contributed by atoms with Gasteiger partial charge in [0.05, 0.1) is 10.7 Å². The summed E-state index contributed by atoms with van der Waals surface area (Å²) in [6.07, 6.45) is 1.66. The van der Waals surface area contributed by atoms with Crippen molar-refractivity contribution in [1.82, 2.24) is 4.98 Å². The first kappa shape index (κ1) is 9.16. The molecule has 0 aliphatic carbocycles. The van der Waals surface area contributed by atoms with E-state index < -0.39 is 0 Å². The molecular formula is C11H7ClFN. The molecule has 3 heteroatoms. The maximum atomic E-state index is 12.6. The smallest absolute Gasteiger partial charge is 0.123 e. The van der Waals surface area contributed by atoms with Crippen LogP contribution in [0.25, 0.3) is 11.3 Å². The molecule has 1 aromatic carbocycles. The van der Waals surface area contributed by atoms with E-state index in [1.165, 1.54) is 12.1 Å². The van der Waals surface area contributed by atoms with E-state index in [-0.39, 0.29) is 5.82 Å². The molecule has 1 nitrogen and oxygen atoms in total. The third-order valence-electron chi connectivity index (χ3n) is 1.88. The van der Waals surface area contributed by atoms with Crippen molar-refractivity contribution in [3.63, 3.8) is 0 Å². The molecule has 1 heterocycles. The molecule has 0 aliphatic rings. The van der Waals surface area contributed by atoms with Crippen LogP contribution in [0.3, 0.4) is 0 Å². The summed E-state index contributed by atoms with van der Waals surface area (Å²) in [5.74, 6) is -0.263.